The summed E-state index contributed by atoms with van der Waals surface area (Å²) in [7, 11) is 0. The van der Waals surface area contributed by atoms with Crippen molar-refractivity contribution in [2.45, 2.75) is 6.04 Å². The molecule has 2 aromatic carbocycles. The second-order valence-electron chi connectivity index (χ2n) is 6.18. The summed E-state index contributed by atoms with van der Waals surface area (Å²) in [5, 5.41) is 11.9. The maximum Gasteiger partial charge on any atom is 0.146 e. The second-order valence-corrected chi connectivity index (χ2v) is 7.10. The number of halogens is 1. The van der Waals surface area contributed by atoms with Crippen molar-refractivity contribution in [1.82, 2.24) is 9.88 Å². The van der Waals surface area contributed by atoms with Gasteiger partial charge in [0.1, 0.15) is 11.3 Å². The van der Waals surface area contributed by atoms with Crippen molar-refractivity contribution in [1.29, 1.82) is 0 Å². The van der Waals surface area contributed by atoms with Crippen LogP contribution in [0.5, 0.6) is 5.75 Å². The first-order valence-electron chi connectivity index (χ1n) is 8.38. The number of pyridine rings is 1. The average Bonchev–Trinajstić information content (AvgIpc) is 2.66. The average molecular weight is 399 g/mol. The first-order chi connectivity index (χ1) is 12.2. The van der Waals surface area contributed by atoms with Gasteiger partial charge in [0.2, 0.25) is 0 Å². The summed E-state index contributed by atoms with van der Waals surface area (Å²) in [5.74, 6) is 0.262. The largest absolute Gasteiger partial charge is 0.505 e. The first kappa shape index (κ1) is 16.5. The van der Waals surface area contributed by atoms with E-state index in [1.54, 1.807) is 6.20 Å². The van der Waals surface area contributed by atoms with Crippen molar-refractivity contribution in [3.05, 3.63) is 70.3 Å². The number of phenolic OH excluding ortho intramolecular Hbond substituents is 1. The lowest BCUT2D eigenvalue weighted by Gasteiger charge is -2.35. The lowest BCUT2D eigenvalue weighted by Crippen LogP contribution is -2.39. The summed E-state index contributed by atoms with van der Waals surface area (Å²) >= 11 is 3.50. The zero-order valence-corrected chi connectivity index (χ0v) is 15.3. The Hall–Kier alpha value is -1.95. The van der Waals surface area contributed by atoms with Gasteiger partial charge in [0.15, 0.2) is 0 Å². The van der Waals surface area contributed by atoms with Gasteiger partial charge < -0.3 is 9.84 Å². The Balaban J connectivity index is 1.85. The fourth-order valence-electron chi connectivity index (χ4n) is 3.43. The van der Waals surface area contributed by atoms with Gasteiger partial charge in [-0.3, -0.25) is 9.88 Å². The minimum Gasteiger partial charge on any atom is -0.505 e. The molecule has 0 aliphatic carbocycles. The van der Waals surface area contributed by atoms with E-state index in [-0.39, 0.29) is 11.8 Å². The van der Waals surface area contributed by atoms with Crippen LogP contribution in [0.2, 0.25) is 0 Å². The molecule has 25 heavy (non-hydrogen) atoms. The third-order valence-electron chi connectivity index (χ3n) is 4.67. The third-order valence-corrected chi connectivity index (χ3v) is 5.20. The van der Waals surface area contributed by atoms with Crippen LogP contribution in [-0.2, 0) is 4.74 Å². The Morgan fingerprint density at radius 2 is 1.80 bits per heavy atom. The van der Waals surface area contributed by atoms with Crippen LogP contribution >= 0.6 is 15.9 Å². The summed E-state index contributed by atoms with van der Waals surface area (Å²) in [4.78, 5) is 6.73. The number of phenols is 1. The number of morpholine rings is 1. The molecule has 5 heteroatoms. The summed E-state index contributed by atoms with van der Waals surface area (Å²) in [6, 6.07) is 16.2. The molecule has 1 aliphatic heterocycles. The highest BCUT2D eigenvalue weighted by Gasteiger charge is 2.27. The predicted octanol–water partition coefficient (Wildman–Crippen LogP) is 4.12. The van der Waals surface area contributed by atoms with Gasteiger partial charge in [-0.25, -0.2) is 0 Å². The fraction of sp³-hybridized carbons (Fsp3) is 0.250. The van der Waals surface area contributed by atoms with Crippen molar-refractivity contribution in [3.63, 3.8) is 0 Å². The Labute approximate surface area is 155 Å². The summed E-state index contributed by atoms with van der Waals surface area (Å²) in [6.45, 7) is 3.08. The molecule has 1 aromatic heterocycles. The molecule has 128 valence electrons. The number of hydrogen-bond donors (Lipinski definition) is 1. The van der Waals surface area contributed by atoms with Crippen LogP contribution < -0.4 is 0 Å². The normalized spacial score (nSPS) is 16.8. The van der Waals surface area contributed by atoms with Crippen LogP contribution in [0.1, 0.15) is 17.2 Å². The number of hydrogen-bond acceptors (Lipinski definition) is 4. The molecule has 0 spiro atoms. The highest BCUT2D eigenvalue weighted by molar-refractivity contribution is 9.10. The molecule has 0 bridgehead atoms. The maximum atomic E-state index is 10.9. The van der Waals surface area contributed by atoms with E-state index in [0.717, 1.165) is 34.1 Å². The van der Waals surface area contributed by atoms with Crippen LogP contribution in [0.4, 0.5) is 0 Å². The molecular weight excluding hydrogens is 380 g/mol. The lowest BCUT2D eigenvalue weighted by atomic mass is 9.94. The van der Waals surface area contributed by atoms with Gasteiger partial charge in [-0.05, 0) is 23.8 Å². The van der Waals surface area contributed by atoms with E-state index in [4.69, 9.17) is 4.74 Å². The van der Waals surface area contributed by atoms with Gasteiger partial charge in [-0.15, -0.1) is 0 Å². The minimum absolute atomic E-state index is 0.0246. The summed E-state index contributed by atoms with van der Waals surface area (Å²) in [6.07, 6.45) is 1.72. The molecule has 1 atom stereocenters. The van der Waals surface area contributed by atoms with Crippen molar-refractivity contribution in [3.8, 4) is 5.75 Å². The standard InChI is InChI=1S/C20H19BrN2O2/c21-16-6-3-15(4-7-16)19(23-10-12-25-13-11-23)17-8-5-14-2-1-9-22-18(14)20(17)24/h1-9,19,24H,10-13H2/t19-/m0/s1. The molecule has 0 unspecified atom stereocenters. The zero-order chi connectivity index (χ0) is 17.2. The third kappa shape index (κ3) is 3.27. The quantitative estimate of drug-likeness (QED) is 0.720. The monoisotopic (exact) mass is 398 g/mol. The number of benzene rings is 2. The van der Waals surface area contributed by atoms with Gasteiger partial charge in [-0.2, -0.15) is 0 Å². The summed E-state index contributed by atoms with van der Waals surface area (Å²) < 4.78 is 6.56. The molecule has 1 saturated heterocycles. The number of ether oxygens (including phenoxy) is 1. The molecule has 0 radical (unpaired) electrons. The van der Waals surface area contributed by atoms with E-state index in [0.29, 0.717) is 18.7 Å². The van der Waals surface area contributed by atoms with Crippen molar-refractivity contribution in [2.75, 3.05) is 26.3 Å². The number of rotatable bonds is 3. The zero-order valence-electron chi connectivity index (χ0n) is 13.7. The van der Waals surface area contributed by atoms with Crippen molar-refractivity contribution < 1.29 is 9.84 Å². The molecule has 1 aliphatic rings. The van der Waals surface area contributed by atoms with E-state index < -0.39 is 0 Å². The Morgan fingerprint density at radius 1 is 1.04 bits per heavy atom. The van der Waals surface area contributed by atoms with Gasteiger partial charge in [0, 0.05) is 34.7 Å². The van der Waals surface area contributed by atoms with Gasteiger partial charge in [0.25, 0.3) is 0 Å². The minimum atomic E-state index is -0.0246. The second kappa shape index (κ2) is 7.12. The Morgan fingerprint density at radius 3 is 2.56 bits per heavy atom. The van der Waals surface area contributed by atoms with Crippen molar-refractivity contribution >= 4 is 26.8 Å². The molecule has 1 N–H and O–H groups in total. The van der Waals surface area contributed by atoms with E-state index >= 15 is 0 Å². The SMILES string of the molecule is Oc1c([C@H](c2ccc(Br)cc2)N2CCOCC2)ccc2cccnc12. The van der Waals surface area contributed by atoms with Crippen LogP contribution in [0.3, 0.4) is 0 Å². The topological polar surface area (TPSA) is 45.6 Å². The van der Waals surface area contributed by atoms with E-state index in [9.17, 15) is 5.11 Å². The maximum absolute atomic E-state index is 10.9. The highest BCUT2D eigenvalue weighted by atomic mass is 79.9. The number of aromatic hydroxyl groups is 1. The molecule has 4 rings (SSSR count). The fourth-order valence-corrected chi connectivity index (χ4v) is 3.70. The van der Waals surface area contributed by atoms with Crippen LogP contribution in [-0.4, -0.2) is 41.3 Å². The van der Waals surface area contributed by atoms with Crippen LogP contribution in [0, 0.1) is 0 Å². The first-order valence-corrected chi connectivity index (χ1v) is 9.17. The predicted molar refractivity (Wildman–Crippen MR) is 102 cm³/mol. The summed E-state index contributed by atoms with van der Waals surface area (Å²) in [5.41, 5.74) is 2.68. The molecule has 2 heterocycles. The van der Waals surface area contributed by atoms with E-state index in [1.807, 2.05) is 36.4 Å². The lowest BCUT2D eigenvalue weighted by molar-refractivity contribution is 0.0236. The van der Waals surface area contributed by atoms with Crippen LogP contribution in [0.25, 0.3) is 10.9 Å². The number of fused-ring (bicyclic) bond motifs is 1. The van der Waals surface area contributed by atoms with Gasteiger partial charge in [0.05, 0.1) is 19.3 Å². The Bertz CT molecular complexity index is 877. The molecule has 1 fully saturated rings. The molecule has 0 amide bonds. The van der Waals surface area contributed by atoms with Gasteiger partial charge in [-0.1, -0.05) is 46.3 Å². The molecule has 3 aromatic rings. The Kier molecular flexibility index (Phi) is 4.70. The van der Waals surface area contributed by atoms with E-state index in [1.165, 1.54) is 0 Å². The highest BCUT2D eigenvalue weighted by Crippen LogP contribution is 2.38. The smallest absolute Gasteiger partial charge is 0.146 e. The number of nitrogens with zero attached hydrogens (tertiary/aromatic N) is 2. The van der Waals surface area contributed by atoms with Gasteiger partial charge >= 0.3 is 0 Å². The molecule has 4 nitrogen and oxygen atoms in total. The van der Waals surface area contributed by atoms with E-state index in [2.05, 4.69) is 37.9 Å². The molecular formula is C20H19BrN2O2. The molecule has 0 saturated carbocycles. The van der Waals surface area contributed by atoms with Crippen molar-refractivity contribution in [2.24, 2.45) is 0 Å². The van der Waals surface area contributed by atoms with Crippen LogP contribution in [0.15, 0.2) is 59.2 Å². The number of aromatic nitrogens is 1.